The molecule has 0 amide bonds. The van der Waals surface area contributed by atoms with Gasteiger partial charge in [0.15, 0.2) is 12.2 Å². The van der Waals surface area contributed by atoms with E-state index < -0.39 is 0 Å². The van der Waals surface area contributed by atoms with Crippen molar-refractivity contribution in [1.29, 1.82) is 0 Å². The standard InChI is InChI=1S/C25H31N2/c1-6-19(4)14-15-24-25(20(5)26-17-18(2)3)22-12-8-7-11-21(22)23-13-9-10-16-27(23)24/h7-13,16-17,19,24-25H,2,5-6,14-15H2,1,3-4H3/q+1/b26-17+. The fourth-order valence-electron chi connectivity index (χ4n) is 3.98. The molecular weight excluding hydrogens is 328 g/mol. The highest BCUT2D eigenvalue weighted by atomic mass is 15.0. The zero-order valence-corrected chi connectivity index (χ0v) is 16.9. The molecule has 0 spiro atoms. The number of fused-ring (bicyclic) bond motifs is 3. The average molecular weight is 360 g/mol. The minimum absolute atomic E-state index is 0.181. The highest BCUT2D eigenvalue weighted by molar-refractivity contribution is 5.78. The SMILES string of the molecule is C=C(C)/C=N/C(=C)C1c2ccccc2-c2cccc[n+]2C1CCC(C)CC. The number of hydrogen-bond donors (Lipinski definition) is 0. The van der Waals surface area contributed by atoms with Crippen molar-refractivity contribution >= 4 is 6.21 Å². The summed E-state index contributed by atoms with van der Waals surface area (Å²) in [6, 6.07) is 15.5. The average Bonchev–Trinajstić information content (AvgIpc) is 2.69. The van der Waals surface area contributed by atoms with Gasteiger partial charge in [-0.1, -0.05) is 51.6 Å². The van der Waals surface area contributed by atoms with Gasteiger partial charge in [0.2, 0.25) is 5.69 Å². The molecule has 0 N–H and O–H groups in total. The molecule has 0 fully saturated rings. The fourth-order valence-corrected chi connectivity index (χ4v) is 3.98. The first-order valence-electron chi connectivity index (χ1n) is 10.0. The topological polar surface area (TPSA) is 16.2 Å². The number of rotatable bonds is 7. The van der Waals surface area contributed by atoms with Crippen LogP contribution in [0.5, 0.6) is 0 Å². The second-order valence-corrected chi connectivity index (χ2v) is 7.81. The van der Waals surface area contributed by atoms with Gasteiger partial charge >= 0.3 is 0 Å². The Kier molecular flexibility index (Phi) is 6.05. The van der Waals surface area contributed by atoms with Crippen LogP contribution in [0.2, 0.25) is 0 Å². The molecule has 0 bridgehead atoms. The van der Waals surface area contributed by atoms with Crippen LogP contribution in [-0.2, 0) is 0 Å². The zero-order valence-electron chi connectivity index (χ0n) is 16.9. The van der Waals surface area contributed by atoms with E-state index in [9.17, 15) is 0 Å². The summed E-state index contributed by atoms with van der Waals surface area (Å²) in [6.45, 7) is 14.9. The number of nitrogens with zero attached hydrogens (tertiary/aromatic N) is 2. The molecule has 0 saturated heterocycles. The summed E-state index contributed by atoms with van der Waals surface area (Å²) in [5.74, 6) is 0.906. The van der Waals surface area contributed by atoms with E-state index in [1.807, 2.05) is 13.1 Å². The van der Waals surface area contributed by atoms with Crippen LogP contribution < -0.4 is 4.57 Å². The number of benzene rings is 1. The molecule has 1 aromatic heterocycles. The first kappa shape index (κ1) is 19.3. The molecule has 1 aliphatic heterocycles. The monoisotopic (exact) mass is 359 g/mol. The van der Waals surface area contributed by atoms with Crippen molar-refractivity contribution < 1.29 is 4.57 Å². The summed E-state index contributed by atoms with van der Waals surface area (Å²) in [7, 11) is 0. The van der Waals surface area contributed by atoms with Gasteiger partial charge in [0, 0.05) is 30.5 Å². The molecule has 0 radical (unpaired) electrons. The van der Waals surface area contributed by atoms with Crippen molar-refractivity contribution in [3.63, 3.8) is 0 Å². The molecule has 1 aliphatic rings. The minimum atomic E-state index is 0.181. The summed E-state index contributed by atoms with van der Waals surface area (Å²) >= 11 is 0. The smallest absolute Gasteiger partial charge is 0.213 e. The Morgan fingerprint density at radius 2 is 1.93 bits per heavy atom. The van der Waals surface area contributed by atoms with Gasteiger partial charge < -0.3 is 0 Å². The normalized spacial score (nSPS) is 19.4. The lowest BCUT2D eigenvalue weighted by atomic mass is 9.79. The molecular formula is C25H31N2+. The maximum atomic E-state index is 4.68. The Morgan fingerprint density at radius 1 is 1.19 bits per heavy atom. The van der Waals surface area contributed by atoms with E-state index in [0.717, 1.165) is 23.6 Å². The lowest BCUT2D eigenvalue weighted by Gasteiger charge is -2.31. The first-order chi connectivity index (χ1) is 13.0. The summed E-state index contributed by atoms with van der Waals surface area (Å²) in [5.41, 5.74) is 5.78. The van der Waals surface area contributed by atoms with Gasteiger partial charge in [0.1, 0.15) is 0 Å². The molecule has 140 valence electrons. The van der Waals surface area contributed by atoms with Gasteiger partial charge in [-0.2, -0.15) is 4.57 Å². The fraction of sp³-hybridized carbons (Fsp3) is 0.360. The molecule has 2 aromatic rings. The Bertz CT molecular complexity index is 862. The molecule has 0 saturated carbocycles. The highest BCUT2D eigenvalue weighted by Gasteiger charge is 2.40. The van der Waals surface area contributed by atoms with E-state index >= 15 is 0 Å². The summed E-state index contributed by atoms with van der Waals surface area (Å²) in [5, 5.41) is 0. The third kappa shape index (κ3) is 4.10. The summed E-state index contributed by atoms with van der Waals surface area (Å²) in [6.07, 6.45) is 7.60. The van der Waals surface area contributed by atoms with E-state index in [2.05, 4.69) is 85.2 Å². The van der Waals surface area contributed by atoms with Gasteiger partial charge in [-0.25, -0.2) is 0 Å². The maximum Gasteiger partial charge on any atom is 0.213 e. The van der Waals surface area contributed by atoms with Crippen LogP contribution in [0.4, 0.5) is 0 Å². The van der Waals surface area contributed by atoms with Crippen molar-refractivity contribution in [3.8, 4) is 11.3 Å². The third-order valence-electron chi connectivity index (χ3n) is 5.67. The lowest BCUT2D eigenvalue weighted by molar-refractivity contribution is -0.717. The van der Waals surface area contributed by atoms with E-state index in [4.69, 9.17) is 0 Å². The van der Waals surface area contributed by atoms with Gasteiger partial charge in [0.25, 0.3) is 0 Å². The van der Waals surface area contributed by atoms with Crippen molar-refractivity contribution in [3.05, 3.63) is 78.7 Å². The highest BCUT2D eigenvalue weighted by Crippen LogP contribution is 2.44. The van der Waals surface area contributed by atoms with Crippen molar-refractivity contribution in [2.45, 2.75) is 52.0 Å². The molecule has 2 nitrogen and oxygen atoms in total. The molecule has 2 heteroatoms. The van der Waals surface area contributed by atoms with E-state index in [1.165, 1.54) is 29.7 Å². The van der Waals surface area contributed by atoms with Gasteiger partial charge in [-0.3, -0.25) is 4.99 Å². The van der Waals surface area contributed by atoms with Crippen LogP contribution in [0, 0.1) is 5.92 Å². The molecule has 2 heterocycles. The Balaban J connectivity index is 2.09. The second-order valence-electron chi connectivity index (χ2n) is 7.81. The third-order valence-corrected chi connectivity index (χ3v) is 5.67. The van der Waals surface area contributed by atoms with E-state index in [0.29, 0.717) is 6.04 Å². The number of hydrogen-bond acceptors (Lipinski definition) is 1. The van der Waals surface area contributed by atoms with Gasteiger partial charge in [-0.05, 0) is 42.5 Å². The number of aliphatic imine (C=N–C) groups is 1. The van der Waals surface area contributed by atoms with Crippen LogP contribution >= 0.6 is 0 Å². The van der Waals surface area contributed by atoms with E-state index in [-0.39, 0.29) is 5.92 Å². The minimum Gasteiger partial charge on any atom is -0.261 e. The maximum absolute atomic E-state index is 4.68. The van der Waals surface area contributed by atoms with Crippen LogP contribution in [0.3, 0.4) is 0 Å². The Labute approximate surface area is 164 Å². The number of allylic oxidation sites excluding steroid dienone is 2. The van der Waals surface area contributed by atoms with Crippen molar-refractivity contribution in [1.82, 2.24) is 0 Å². The Hall–Kier alpha value is -2.48. The van der Waals surface area contributed by atoms with Crippen LogP contribution in [0.25, 0.3) is 11.3 Å². The van der Waals surface area contributed by atoms with Crippen LogP contribution in [0.1, 0.15) is 57.6 Å². The van der Waals surface area contributed by atoms with Crippen LogP contribution in [0.15, 0.2) is 78.1 Å². The predicted molar refractivity (Wildman–Crippen MR) is 115 cm³/mol. The Morgan fingerprint density at radius 3 is 2.67 bits per heavy atom. The van der Waals surface area contributed by atoms with Gasteiger partial charge in [0.05, 0.1) is 11.5 Å². The van der Waals surface area contributed by atoms with Crippen molar-refractivity contribution in [2.24, 2.45) is 10.9 Å². The molecule has 0 aliphatic carbocycles. The second kappa shape index (κ2) is 8.47. The zero-order chi connectivity index (χ0) is 19.4. The van der Waals surface area contributed by atoms with Crippen LogP contribution in [-0.4, -0.2) is 6.21 Å². The van der Waals surface area contributed by atoms with Gasteiger partial charge in [-0.15, -0.1) is 0 Å². The number of pyridine rings is 1. The van der Waals surface area contributed by atoms with E-state index in [1.54, 1.807) is 0 Å². The molecule has 3 rings (SSSR count). The van der Waals surface area contributed by atoms with Crippen molar-refractivity contribution in [2.75, 3.05) is 0 Å². The lowest BCUT2D eigenvalue weighted by Crippen LogP contribution is -2.47. The molecule has 3 atom stereocenters. The predicted octanol–water partition coefficient (Wildman–Crippen LogP) is 6.27. The summed E-state index contributed by atoms with van der Waals surface area (Å²) in [4.78, 5) is 4.68. The quantitative estimate of drug-likeness (QED) is 0.409. The summed E-state index contributed by atoms with van der Waals surface area (Å²) < 4.78 is 2.44. The number of aromatic nitrogens is 1. The molecule has 3 unspecified atom stereocenters. The molecule has 27 heavy (non-hydrogen) atoms. The first-order valence-corrected chi connectivity index (χ1v) is 10.0. The largest absolute Gasteiger partial charge is 0.261 e. The molecule has 1 aromatic carbocycles.